The van der Waals surface area contributed by atoms with Crippen LogP contribution in [0.4, 0.5) is 4.79 Å². The molecule has 0 saturated carbocycles. The second kappa shape index (κ2) is 11.4. The predicted octanol–water partition coefficient (Wildman–Crippen LogP) is 4.18. The smallest absolute Gasteiger partial charge is 0.407 e. The fourth-order valence-electron chi connectivity index (χ4n) is 4.77. The van der Waals surface area contributed by atoms with Gasteiger partial charge in [0.25, 0.3) is 0 Å². The molecule has 0 aromatic heterocycles. The summed E-state index contributed by atoms with van der Waals surface area (Å²) in [6.07, 6.45) is 6.11. The van der Waals surface area contributed by atoms with Crippen LogP contribution in [0, 0.1) is 5.92 Å². The van der Waals surface area contributed by atoms with Crippen molar-refractivity contribution in [3.63, 3.8) is 0 Å². The molecule has 3 atom stereocenters. The molecule has 7 nitrogen and oxygen atoms in total. The second-order valence-corrected chi connectivity index (χ2v) is 9.84. The minimum absolute atomic E-state index is 0.0630. The zero-order valence-electron chi connectivity index (χ0n) is 19.6. The largest absolute Gasteiger partial charge is 0.481 e. The lowest BCUT2D eigenvalue weighted by Gasteiger charge is -2.25. The van der Waals surface area contributed by atoms with E-state index in [0.29, 0.717) is 25.0 Å². The Morgan fingerprint density at radius 3 is 2.37 bits per heavy atom. The molecule has 35 heavy (non-hydrogen) atoms. The molecule has 0 radical (unpaired) electrons. The molecule has 2 aliphatic carbocycles. The Balaban J connectivity index is 1.37. The van der Waals surface area contributed by atoms with E-state index in [4.69, 9.17) is 4.74 Å². The first kappa shape index (κ1) is 24.9. The van der Waals surface area contributed by atoms with Gasteiger partial charge in [-0.3, -0.25) is 9.59 Å². The Morgan fingerprint density at radius 1 is 1.09 bits per heavy atom. The van der Waals surface area contributed by atoms with E-state index in [-0.39, 0.29) is 24.5 Å². The maximum Gasteiger partial charge on any atom is 0.407 e. The van der Waals surface area contributed by atoms with Gasteiger partial charge in [0.15, 0.2) is 0 Å². The number of amides is 2. The highest BCUT2D eigenvalue weighted by molar-refractivity contribution is 7.98. The van der Waals surface area contributed by atoms with Gasteiger partial charge in [0.1, 0.15) is 12.6 Å². The molecule has 0 saturated heterocycles. The monoisotopic (exact) mass is 494 g/mol. The van der Waals surface area contributed by atoms with Crippen molar-refractivity contribution >= 4 is 29.7 Å². The van der Waals surface area contributed by atoms with Crippen molar-refractivity contribution < 1.29 is 24.2 Å². The molecule has 184 valence electrons. The average Bonchev–Trinajstić information content (AvgIpc) is 3.19. The van der Waals surface area contributed by atoms with E-state index < -0.39 is 24.0 Å². The van der Waals surface area contributed by atoms with Crippen LogP contribution in [-0.4, -0.2) is 53.8 Å². The van der Waals surface area contributed by atoms with Crippen LogP contribution in [0.1, 0.15) is 36.3 Å². The highest BCUT2D eigenvalue weighted by atomic mass is 32.2. The molecule has 3 N–H and O–H groups in total. The number of carbonyl (C=O) groups is 3. The van der Waals surface area contributed by atoms with E-state index in [2.05, 4.69) is 34.9 Å². The molecule has 4 rings (SSSR count). The van der Waals surface area contributed by atoms with E-state index in [9.17, 15) is 19.5 Å². The number of hydrogen-bond acceptors (Lipinski definition) is 5. The second-order valence-electron chi connectivity index (χ2n) is 8.85. The number of aliphatic carboxylic acids is 1. The third-order valence-electron chi connectivity index (χ3n) is 6.57. The van der Waals surface area contributed by atoms with Crippen molar-refractivity contribution in [1.82, 2.24) is 10.6 Å². The van der Waals surface area contributed by atoms with E-state index in [0.717, 1.165) is 22.3 Å². The zero-order valence-corrected chi connectivity index (χ0v) is 20.4. The lowest BCUT2D eigenvalue weighted by molar-refractivity contribution is -0.142. The Kier molecular flexibility index (Phi) is 8.13. The summed E-state index contributed by atoms with van der Waals surface area (Å²) in [6.45, 7) is 0.169. The Bertz CT molecular complexity index is 1070. The number of nitrogens with one attached hydrogen (secondary N) is 2. The van der Waals surface area contributed by atoms with Crippen LogP contribution >= 0.6 is 11.8 Å². The first-order valence-electron chi connectivity index (χ1n) is 11.8. The standard InChI is InChI=1S/C27H30N2O5S/c1-35-14-13-24(25(30)28-18-8-6-7-17(15-18)26(31)32)29-27(33)34-16-23-21-11-4-2-9-19(21)20-10-3-5-12-22(20)23/h2-6,8-12,17-18,23-24H,7,13-16H2,1H3,(H,28,30)(H,29,33)(H,31,32)/t17?,18?,24-/m0/s1. The third-order valence-corrected chi connectivity index (χ3v) is 7.21. The van der Waals surface area contributed by atoms with E-state index in [1.54, 1.807) is 17.8 Å². The molecule has 2 unspecified atom stereocenters. The molecule has 0 fully saturated rings. The average molecular weight is 495 g/mol. The number of ether oxygens (including phenoxy) is 1. The molecule has 0 bridgehead atoms. The van der Waals surface area contributed by atoms with Crippen molar-refractivity contribution in [1.29, 1.82) is 0 Å². The Hall–Kier alpha value is -3.26. The molecular weight excluding hydrogens is 464 g/mol. The fourth-order valence-corrected chi connectivity index (χ4v) is 5.24. The number of rotatable bonds is 9. The normalized spacial score (nSPS) is 19.3. The summed E-state index contributed by atoms with van der Waals surface area (Å²) in [5, 5.41) is 14.9. The Morgan fingerprint density at radius 2 is 1.74 bits per heavy atom. The first-order valence-corrected chi connectivity index (χ1v) is 13.2. The number of carbonyl (C=O) groups excluding carboxylic acids is 2. The van der Waals surface area contributed by atoms with Gasteiger partial charge >= 0.3 is 12.1 Å². The molecule has 8 heteroatoms. The Labute approximate surface area is 209 Å². The summed E-state index contributed by atoms with van der Waals surface area (Å²) in [6, 6.07) is 15.1. The van der Waals surface area contributed by atoms with Crippen molar-refractivity contribution in [2.45, 2.75) is 37.3 Å². The maximum absolute atomic E-state index is 12.9. The van der Waals surface area contributed by atoms with Crippen LogP contribution in [0.3, 0.4) is 0 Å². The van der Waals surface area contributed by atoms with Gasteiger partial charge in [-0.25, -0.2) is 4.79 Å². The van der Waals surface area contributed by atoms with Crippen LogP contribution in [0.2, 0.25) is 0 Å². The molecule has 2 aliphatic rings. The van der Waals surface area contributed by atoms with Crippen molar-refractivity contribution in [3.8, 4) is 11.1 Å². The number of hydrogen-bond donors (Lipinski definition) is 3. The lowest BCUT2D eigenvalue weighted by atomic mass is 9.91. The van der Waals surface area contributed by atoms with Gasteiger partial charge in [-0.1, -0.05) is 60.7 Å². The van der Waals surface area contributed by atoms with Gasteiger partial charge in [-0.05, 0) is 53.5 Å². The number of carboxylic acid groups (broad SMARTS) is 1. The van der Waals surface area contributed by atoms with Gasteiger partial charge in [-0.2, -0.15) is 11.8 Å². The highest BCUT2D eigenvalue weighted by Gasteiger charge is 2.31. The van der Waals surface area contributed by atoms with Crippen LogP contribution in [0.5, 0.6) is 0 Å². The molecule has 0 heterocycles. The predicted molar refractivity (Wildman–Crippen MR) is 136 cm³/mol. The number of allylic oxidation sites excluding steroid dienone is 1. The molecule has 2 aromatic rings. The topological polar surface area (TPSA) is 105 Å². The van der Waals surface area contributed by atoms with Crippen LogP contribution < -0.4 is 10.6 Å². The summed E-state index contributed by atoms with van der Waals surface area (Å²) in [4.78, 5) is 37.0. The fraction of sp³-hybridized carbons (Fsp3) is 0.370. The van der Waals surface area contributed by atoms with Crippen LogP contribution in [0.15, 0.2) is 60.7 Å². The SMILES string of the molecule is CSCC[C@H](NC(=O)OCC1c2ccccc2-c2ccccc21)C(=O)NC1C=CCC(C(=O)O)C1. The summed E-state index contributed by atoms with van der Waals surface area (Å²) < 4.78 is 5.61. The third kappa shape index (κ3) is 5.88. The van der Waals surface area contributed by atoms with E-state index >= 15 is 0 Å². The number of benzene rings is 2. The van der Waals surface area contributed by atoms with Gasteiger partial charge in [0.05, 0.1) is 5.92 Å². The quantitative estimate of drug-likeness (QED) is 0.452. The summed E-state index contributed by atoms with van der Waals surface area (Å²) in [5.41, 5.74) is 4.54. The van der Waals surface area contributed by atoms with Gasteiger partial charge < -0.3 is 20.5 Å². The minimum Gasteiger partial charge on any atom is -0.481 e. The zero-order chi connectivity index (χ0) is 24.8. The molecule has 2 aromatic carbocycles. The molecular formula is C27H30N2O5S. The van der Waals surface area contributed by atoms with Gasteiger partial charge in [0, 0.05) is 12.0 Å². The van der Waals surface area contributed by atoms with Crippen molar-refractivity contribution in [2.75, 3.05) is 18.6 Å². The minimum atomic E-state index is -0.871. The highest BCUT2D eigenvalue weighted by Crippen LogP contribution is 2.44. The first-order chi connectivity index (χ1) is 17.0. The van der Waals surface area contributed by atoms with E-state index in [1.807, 2.05) is 36.6 Å². The molecule has 0 spiro atoms. The van der Waals surface area contributed by atoms with Gasteiger partial charge in [0.2, 0.25) is 5.91 Å². The maximum atomic E-state index is 12.9. The van der Waals surface area contributed by atoms with Gasteiger partial charge in [-0.15, -0.1) is 0 Å². The molecule has 0 aliphatic heterocycles. The van der Waals surface area contributed by atoms with Crippen molar-refractivity contribution in [2.24, 2.45) is 5.92 Å². The number of fused-ring (bicyclic) bond motifs is 3. The number of carboxylic acids is 1. The van der Waals surface area contributed by atoms with Crippen LogP contribution in [0.25, 0.3) is 11.1 Å². The number of alkyl carbamates (subject to hydrolysis) is 1. The number of thioether (sulfide) groups is 1. The summed E-state index contributed by atoms with van der Waals surface area (Å²) in [5.74, 6) is -1.12. The lowest BCUT2D eigenvalue weighted by Crippen LogP contribution is -2.50. The molecule has 2 amide bonds. The summed E-state index contributed by atoms with van der Waals surface area (Å²) in [7, 11) is 0. The summed E-state index contributed by atoms with van der Waals surface area (Å²) >= 11 is 1.58. The van der Waals surface area contributed by atoms with Crippen molar-refractivity contribution in [3.05, 3.63) is 71.8 Å². The van der Waals surface area contributed by atoms with E-state index in [1.165, 1.54) is 0 Å². The van der Waals surface area contributed by atoms with Crippen LogP contribution in [-0.2, 0) is 14.3 Å².